The van der Waals surface area contributed by atoms with Gasteiger partial charge in [0.2, 0.25) is 0 Å². The first-order valence-corrected chi connectivity index (χ1v) is 7.82. The maximum atomic E-state index is 11.0. The van der Waals surface area contributed by atoms with Gasteiger partial charge in [-0.15, -0.1) is 0 Å². The summed E-state index contributed by atoms with van der Waals surface area (Å²) in [6.45, 7) is 0.691. The molecule has 92 valence electrons. The van der Waals surface area contributed by atoms with Gasteiger partial charge in [-0.2, -0.15) is 0 Å². The van der Waals surface area contributed by atoms with Crippen LogP contribution < -0.4 is 0 Å². The van der Waals surface area contributed by atoms with E-state index in [4.69, 9.17) is 11.6 Å². The molecule has 1 heterocycles. The van der Waals surface area contributed by atoms with E-state index >= 15 is 0 Å². The second-order valence-corrected chi connectivity index (χ2v) is 6.89. The lowest BCUT2D eigenvalue weighted by Crippen LogP contribution is -2.06. The average molecular weight is 272 g/mol. The summed E-state index contributed by atoms with van der Waals surface area (Å²) < 4.78 is 24.1. The summed E-state index contributed by atoms with van der Waals surface area (Å²) in [6.07, 6.45) is 3.84. The fourth-order valence-electron chi connectivity index (χ4n) is 1.85. The number of hydrogen-bond acceptors (Lipinski definition) is 2. The summed E-state index contributed by atoms with van der Waals surface area (Å²) in [6, 6.07) is 7.72. The van der Waals surface area contributed by atoms with E-state index < -0.39 is 9.84 Å². The highest BCUT2D eigenvalue weighted by Gasteiger charge is 2.04. The lowest BCUT2D eigenvalue weighted by atomic mass is 10.2. The molecule has 2 aromatic rings. The van der Waals surface area contributed by atoms with Crippen LogP contribution in [-0.2, 0) is 16.4 Å². The van der Waals surface area contributed by atoms with Crippen LogP contribution in [0.2, 0.25) is 5.02 Å². The summed E-state index contributed by atoms with van der Waals surface area (Å²) in [7, 11) is -2.88. The summed E-state index contributed by atoms with van der Waals surface area (Å²) in [4.78, 5) is 0. The lowest BCUT2D eigenvalue weighted by Gasteiger charge is -2.05. The fourth-order valence-corrected chi connectivity index (χ4v) is 2.67. The molecule has 1 aromatic heterocycles. The van der Waals surface area contributed by atoms with Crippen LogP contribution in [0.1, 0.15) is 6.42 Å². The molecule has 0 amide bonds. The van der Waals surface area contributed by atoms with Gasteiger partial charge >= 0.3 is 0 Å². The van der Waals surface area contributed by atoms with Crippen molar-refractivity contribution in [3.63, 3.8) is 0 Å². The van der Waals surface area contributed by atoms with Crippen LogP contribution in [0.15, 0.2) is 30.5 Å². The summed E-state index contributed by atoms with van der Waals surface area (Å²) in [5.74, 6) is 0.216. The van der Waals surface area contributed by atoms with Crippen molar-refractivity contribution in [2.45, 2.75) is 13.0 Å². The highest BCUT2D eigenvalue weighted by Crippen LogP contribution is 2.20. The summed E-state index contributed by atoms with van der Waals surface area (Å²) >= 11 is 5.94. The highest BCUT2D eigenvalue weighted by molar-refractivity contribution is 7.90. The first-order valence-electron chi connectivity index (χ1n) is 5.38. The Morgan fingerprint density at radius 1 is 1.29 bits per heavy atom. The molecule has 0 saturated heterocycles. The Hall–Kier alpha value is -1.00. The van der Waals surface area contributed by atoms with Crippen LogP contribution in [0.3, 0.4) is 0 Å². The Morgan fingerprint density at radius 3 is 2.76 bits per heavy atom. The molecule has 0 fully saturated rings. The van der Waals surface area contributed by atoms with Crippen molar-refractivity contribution < 1.29 is 8.42 Å². The predicted octanol–water partition coefficient (Wildman–Crippen LogP) is 2.73. The van der Waals surface area contributed by atoms with E-state index in [1.54, 1.807) is 0 Å². The average Bonchev–Trinajstić information content (AvgIpc) is 2.59. The lowest BCUT2D eigenvalue weighted by molar-refractivity contribution is 0.593. The maximum Gasteiger partial charge on any atom is 0.147 e. The topological polar surface area (TPSA) is 39.1 Å². The first-order chi connectivity index (χ1) is 7.96. The van der Waals surface area contributed by atoms with Crippen molar-refractivity contribution in [1.82, 2.24) is 4.57 Å². The Kier molecular flexibility index (Phi) is 3.45. The predicted molar refractivity (Wildman–Crippen MR) is 71.3 cm³/mol. The van der Waals surface area contributed by atoms with Crippen LogP contribution in [0.4, 0.5) is 0 Å². The van der Waals surface area contributed by atoms with E-state index in [9.17, 15) is 8.42 Å². The van der Waals surface area contributed by atoms with Crippen molar-refractivity contribution in [1.29, 1.82) is 0 Å². The minimum Gasteiger partial charge on any atom is -0.347 e. The molecule has 0 spiro atoms. The molecule has 1 aromatic carbocycles. The van der Waals surface area contributed by atoms with Gasteiger partial charge in [0.05, 0.1) is 5.75 Å². The van der Waals surface area contributed by atoms with Crippen molar-refractivity contribution in [2.75, 3.05) is 12.0 Å². The zero-order valence-corrected chi connectivity index (χ0v) is 11.1. The zero-order chi connectivity index (χ0) is 12.5. The quantitative estimate of drug-likeness (QED) is 0.858. The van der Waals surface area contributed by atoms with Gasteiger partial charge in [0.25, 0.3) is 0 Å². The SMILES string of the molecule is CS(=O)(=O)CCCn1ccc2ccc(Cl)cc21. The van der Waals surface area contributed by atoms with Gasteiger partial charge in [-0.25, -0.2) is 8.42 Å². The minimum absolute atomic E-state index is 0.216. The number of sulfone groups is 1. The van der Waals surface area contributed by atoms with Gasteiger partial charge in [0, 0.05) is 29.5 Å². The molecule has 0 unspecified atom stereocenters. The van der Waals surface area contributed by atoms with Gasteiger partial charge in [-0.3, -0.25) is 0 Å². The molecule has 0 saturated carbocycles. The number of rotatable bonds is 4. The maximum absolute atomic E-state index is 11.0. The molecular weight excluding hydrogens is 258 g/mol. The second-order valence-electron chi connectivity index (χ2n) is 4.20. The second kappa shape index (κ2) is 4.70. The largest absolute Gasteiger partial charge is 0.347 e. The number of hydrogen-bond donors (Lipinski definition) is 0. The smallest absolute Gasteiger partial charge is 0.147 e. The number of fused-ring (bicyclic) bond motifs is 1. The molecule has 0 aliphatic heterocycles. The molecule has 0 bridgehead atoms. The Labute approximate surface area is 106 Å². The molecule has 0 aliphatic rings. The van der Waals surface area contributed by atoms with Crippen LogP contribution >= 0.6 is 11.6 Å². The first kappa shape index (κ1) is 12.5. The molecule has 3 nitrogen and oxygen atoms in total. The normalized spacial score (nSPS) is 12.1. The van der Waals surface area contributed by atoms with E-state index in [-0.39, 0.29) is 5.75 Å². The van der Waals surface area contributed by atoms with Gasteiger partial charge in [-0.05, 0) is 30.0 Å². The molecule has 17 heavy (non-hydrogen) atoms. The van der Waals surface area contributed by atoms with Crippen LogP contribution in [0, 0.1) is 0 Å². The van der Waals surface area contributed by atoms with E-state index in [1.807, 2.05) is 35.0 Å². The van der Waals surface area contributed by atoms with Crippen molar-refractivity contribution in [3.05, 3.63) is 35.5 Å². The van der Waals surface area contributed by atoms with Gasteiger partial charge < -0.3 is 4.57 Å². The van der Waals surface area contributed by atoms with Crippen molar-refractivity contribution >= 4 is 32.3 Å². The third-order valence-electron chi connectivity index (χ3n) is 2.65. The van der Waals surface area contributed by atoms with E-state index in [2.05, 4.69) is 0 Å². The fraction of sp³-hybridized carbons (Fsp3) is 0.333. The molecule has 5 heteroatoms. The monoisotopic (exact) mass is 271 g/mol. The third kappa shape index (κ3) is 3.23. The number of aryl methyl sites for hydroxylation is 1. The third-order valence-corrected chi connectivity index (χ3v) is 3.92. The number of nitrogens with zero attached hydrogens (tertiary/aromatic N) is 1. The number of halogens is 1. The minimum atomic E-state index is -2.88. The molecule has 0 radical (unpaired) electrons. The Balaban J connectivity index is 2.16. The summed E-state index contributed by atoms with van der Waals surface area (Å²) in [5, 5.41) is 1.81. The number of aromatic nitrogens is 1. The molecule has 0 aliphatic carbocycles. The van der Waals surface area contributed by atoms with E-state index in [0.29, 0.717) is 18.0 Å². The molecular formula is C12H14ClNO2S. The Morgan fingerprint density at radius 2 is 2.06 bits per heavy atom. The van der Waals surface area contributed by atoms with Crippen LogP contribution in [0.5, 0.6) is 0 Å². The van der Waals surface area contributed by atoms with Gasteiger partial charge in [-0.1, -0.05) is 17.7 Å². The van der Waals surface area contributed by atoms with Gasteiger partial charge in [0.15, 0.2) is 0 Å². The molecule has 0 N–H and O–H groups in total. The van der Waals surface area contributed by atoms with E-state index in [1.165, 1.54) is 6.26 Å². The standard InChI is InChI=1S/C12H14ClNO2S/c1-17(15,16)8-2-6-14-7-5-10-3-4-11(13)9-12(10)14/h3-5,7,9H,2,6,8H2,1H3. The highest BCUT2D eigenvalue weighted by atomic mass is 35.5. The van der Waals surface area contributed by atoms with E-state index in [0.717, 1.165) is 10.9 Å². The van der Waals surface area contributed by atoms with Crippen LogP contribution in [0.25, 0.3) is 10.9 Å². The molecule has 2 rings (SSSR count). The van der Waals surface area contributed by atoms with Crippen molar-refractivity contribution in [3.8, 4) is 0 Å². The Bertz CT molecular complexity index is 631. The van der Waals surface area contributed by atoms with Crippen LogP contribution in [-0.4, -0.2) is 25.0 Å². The molecule has 0 atom stereocenters. The summed E-state index contributed by atoms with van der Waals surface area (Å²) in [5.41, 5.74) is 1.05. The zero-order valence-electron chi connectivity index (χ0n) is 9.56. The van der Waals surface area contributed by atoms with Crippen molar-refractivity contribution in [2.24, 2.45) is 0 Å². The number of benzene rings is 1. The van der Waals surface area contributed by atoms with Gasteiger partial charge in [0.1, 0.15) is 9.84 Å².